The molecule has 1 atom stereocenters. The molecule has 0 spiro atoms. The maximum Gasteiger partial charge on any atom is 0.227 e. The SMILES string of the molecule is CN(CCCC(=O)C1=CC=C(F)CC1)CCNC(=O)C1C=CC=CC1. The van der Waals surface area contributed by atoms with E-state index in [0.29, 0.717) is 25.8 Å². The molecule has 4 nitrogen and oxygen atoms in total. The van der Waals surface area contributed by atoms with E-state index in [0.717, 1.165) is 31.5 Å². The number of nitrogens with zero attached hydrogens (tertiary/aromatic N) is 1. The summed E-state index contributed by atoms with van der Waals surface area (Å²) in [5.41, 5.74) is 0.728. The lowest BCUT2D eigenvalue weighted by Gasteiger charge is -2.18. The van der Waals surface area contributed by atoms with Gasteiger partial charge >= 0.3 is 0 Å². The standard InChI is InChI=1S/C20H27FN2O2/c1-23(15-13-22-20(25)17-6-3-2-4-7-17)14-5-8-19(24)16-9-11-18(21)12-10-16/h2-4,6,9,11,17H,5,7-8,10,12-15H2,1H3,(H,22,25). The molecule has 1 amide bonds. The summed E-state index contributed by atoms with van der Waals surface area (Å²) in [7, 11) is 1.98. The number of ketones is 1. The maximum absolute atomic E-state index is 12.9. The van der Waals surface area contributed by atoms with E-state index >= 15 is 0 Å². The summed E-state index contributed by atoms with van der Waals surface area (Å²) < 4.78 is 12.9. The summed E-state index contributed by atoms with van der Waals surface area (Å²) in [6, 6.07) is 0. The molecule has 0 aliphatic heterocycles. The van der Waals surface area contributed by atoms with Crippen LogP contribution in [-0.4, -0.2) is 43.3 Å². The third-order valence-corrected chi connectivity index (χ3v) is 4.51. The van der Waals surface area contributed by atoms with Crippen LogP contribution < -0.4 is 5.32 Å². The summed E-state index contributed by atoms with van der Waals surface area (Å²) in [5.74, 6) is -0.0371. The zero-order valence-electron chi connectivity index (χ0n) is 14.8. The minimum atomic E-state index is -0.155. The number of hydrogen-bond donors (Lipinski definition) is 1. The second-order valence-electron chi connectivity index (χ2n) is 6.58. The van der Waals surface area contributed by atoms with Crippen LogP contribution in [0.4, 0.5) is 4.39 Å². The number of rotatable bonds is 9. The van der Waals surface area contributed by atoms with E-state index in [4.69, 9.17) is 0 Å². The van der Waals surface area contributed by atoms with Crippen molar-refractivity contribution < 1.29 is 14.0 Å². The highest BCUT2D eigenvalue weighted by Gasteiger charge is 2.15. The van der Waals surface area contributed by atoms with Crippen molar-refractivity contribution in [2.24, 2.45) is 5.92 Å². The Morgan fingerprint density at radius 2 is 2.08 bits per heavy atom. The lowest BCUT2D eigenvalue weighted by molar-refractivity contribution is -0.123. The van der Waals surface area contributed by atoms with E-state index in [1.165, 1.54) is 6.08 Å². The molecule has 0 bridgehead atoms. The third kappa shape index (κ3) is 6.78. The monoisotopic (exact) mass is 346 g/mol. The number of halogens is 1. The normalized spacial score (nSPS) is 19.6. The van der Waals surface area contributed by atoms with Crippen LogP contribution in [0.25, 0.3) is 0 Å². The highest BCUT2D eigenvalue weighted by Crippen LogP contribution is 2.20. The molecule has 0 saturated heterocycles. The molecule has 2 aliphatic carbocycles. The smallest absolute Gasteiger partial charge is 0.227 e. The van der Waals surface area contributed by atoms with Gasteiger partial charge in [-0.25, -0.2) is 4.39 Å². The van der Waals surface area contributed by atoms with Crippen molar-refractivity contribution in [3.63, 3.8) is 0 Å². The Labute approximate surface area is 149 Å². The highest BCUT2D eigenvalue weighted by molar-refractivity contribution is 5.95. The van der Waals surface area contributed by atoms with E-state index in [2.05, 4.69) is 10.2 Å². The molecule has 25 heavy (non-hydrogen) atoms. The Morgan fingerprint density at radius 1 is 1.24 bits per heavy atom. The van der Waals surface area contributed by atoms with E-state index in [-0.39, 0.29) is 23.4 Å². The van der Waals surface area contributed by atoms with E-state index < -0.39 is 0 Å². The minimum Gasteiger partial charge on any atom is -0.354 e. The van der Waals surface area contributed by atoms with Gasteiger partial charge in [0.05, 0.1) is 5.92 Å². The molecule has 0 aromatic carbocycles. The Hall–Kier alpha value is -2.01. The predicted octanol–water partition coefficient (Wildman–Crippen LogP) is 3.09. The fraction of sp³-hybridized carbons (Fsp3) is 0.500. The van der Waals surface area contributed by atoms with Crippen molar-refractivity contribution in [3.8, 4) is 0 Å². The lowest BCUT2D eigenvalue weighted by atomic mass is 9.98. The number of hydrogen-bond acceptors (Lipinski definition) is 3. The summed E-state index contributed by atoms with van der Waals surface area (Å²) in [6.07, 6.45) is 13.6. The highest BCUT2D eigenvalue weighted by atomic mass is 19.1. The van der Waals surface area contributed by atoms with Crippen LogP contribution in [0.3, 0.4) is 0 Å². The van der Waals surface area contributed by atoms with Crippen molar-refractivity contribution in [3.05, 3.63) is 47.9 Å². The molecule has 0 aromatic rings. The van der Waals surface area contributed by atoms with Crippen LogP contribution in [0.1, 0.15) is 32.1 Å². The Balaban J connectivity index is 1.57. The Kier molecular flexibility index (Phi) is 7.79. The van der Waals surface area contributed by atoms with Gasteiger partial charge in [0.2, 0.25) is 5.91 Å². The molecular weight excluding hydrogens is 319 g/mol. The van der Waals surface area contributed by atoms with E-state index in [1.807, 2.05) is 31.4 Å². The molecule has 0 saturated carbocycles. The first-order chi connectivity index (χ1) is 12.1. The number of Topliss-reactive ketones (excluding diaryl/α,β-unsaturated/α-hetero) is 1. The van der Waals surface area contributed by atoms with E-state index in [1.54, 1.807) is 6.08 Å². The lowest BCUT2D eigenvalue weighted by Crippen LogP contribution is -2.36. The molecule has 0 aromatic heterocycles. The van der Waals surface area contributed by atoms with Gasteiger partial charge < -0.3 is 10.2 Å². The first-order valence-corrected chi connectivity index (χ1v) is 8.94. The Morgan fingerprint density at radius 3 is 2.76 bits per heavy atom. The van der Waals surface area contributed by atoms with Crippen LogP contribution in [0.2, 0.25) is 0 Å². The molecule has 5 heteroatoms. The first-order valence-electron chi connectivity index (χ1n) is 8.94. The molecule has 2 rings (SSSR count). The quantitative estimate of drug-likeness (QED) is 0.698. The number of amides is 1. The number of carbonyl (C=O) groups excluding carboxylic acids is 2. The van der Waals surface area contributed by atoms with Gasteiger partial charge in [0.25, 0.3) is 0 Å². The molecule has 0 heterocycles. The molecular formula is C20H27FN2O2. The Bertz CT molecular complexity index is 605. The fourth-order valence-corrected chi connectivity index (χ4v) is 2.90. The van der Waals surface area contributed by atoms with Crippen molar-refractivity contribution in [2.75, 3.05) is 26.7 Å². The van der Waals surface area contributed by atoms with Crippen molar-refractivity contribution in [1.82, 2.24) is 10.2 Å². The van der Waals surface area contributed by atoms with Crippen LogP contribution in [-0.2, 0) is 9.59 Å². The van der Waals surface area contributed by atoms with Crippen LogP contribution >= 0.6 is 0 Å². The number of carbonyl (C=O) groups is 2. The topological polar surface area (TPSA) is 49.4 Å². The third-order valence-electron chi connectivity index (χ3n) is 4.51. The van der Waals surface area contributed by atoms with Gasteiger partial charge in [0.15, 0.2) is 5.78 Å². The second kappa shape index (κ2) is 10.1. The van der Waals surface area contributed by atoms with Crippen LogP contribution in [0.5, 0.6) is 0 Å². The molecule has 1 unspecified atom stereocenters. The second-order valence-corrected chi connectivity index (χ2v) is 6.58. The zero-order chi connectivity index (χ0) is 18.1. The fourth-order valence-electron chi connectivity index (χ4n) is 2.90. The number of allylic oxidation sites excluding steroid dienone is 7. The molecule has 1 N–H and O–H groups in total. The van der Waals surface area contributed by atoms with Gasteiger partial charge in [0.1, 0.15) is 5.83 Å². The van der Waals surface area contributed by atoms with Crippen LogP contribution in [0, 0.1) is 5.92 Å². The predicted molar refractivity (Wildman–Crippen MR) is 97.6 cm³/mol. The van der Waals surface area contributed by atoms with Crippen LogP contribution in [0.15, 0.2) is 47.9 Å². The van der Waals surface area contributed by atoms with Gasteiger partial charge in [-0.2, -0.15) is 0 Å². The largest absolute Gasteiger partial charge is 0.354 e. The van der Waals surface area contributed by atoms with Crippen molar-refractivity contribution >= 4 is 11.7 Å². The minimum absolute atomic E-state index is 0.0596. The van der Waals surface area contributed by atoms with E-state index in [9.17, 15) is 14.0 Å². The molecule has 0 radical (unpaired) electrons. The number of likely N-dealkylation sites (N-methyl/N-ethyl adjacent to an activating group) is 1. The summed E-state index contributed by atoms with van der Waals surface area (Å²) in [4.78, 5) is 26.2. The summed E-state index contributed by atoms with van der Waals surface area (Å²) >= 11 is 0. The molecule has 0 fully saturated rings. The van der Waals surface area contributed by atoms with Crippen molar-refractivity contribution in [1.29, 1.82) is 0 Å². The van der Waals surface area contributed by atoms with Gasteiger partial charge in [-0.15, -0.1) is 0 Å². The summed E-state index contributed by atoms with van der Waals surface area (Å²) in [6.45, 7) is 2.15. The average Bonchev–Trinajstić information content (AvgIpc) is 2.63. The number of nitrogens with one attached hydrogen (secondary N) is 1. The van der Waals surface area contributed by atoms with Gasteiger partial charge in [-0.05, 0) is 44.5 Å². The van der Waals surface area contributed by atoms with Gasteiger partial charge in [-0.1, -0.05) is 30.4 Å². The zero-order valence-corrected chi connectivity index (χ0v) is 14.8. The van der Waals surface area contributed by atoms with Crippen molar-refractivity contribution in [2.45, 2.75) is 32.1 Å². The average molecular weight is 346 g/mol. The molecule has 136 valence electrons. The first kappa shape index (κ1) is 19.3. The van der Waals surface area contributed by atoms with Gasteiger partial charge in [-0.3, -0.25) is 9.59 Å². The summed E-state index contributed by atoms with van der Waals surface area (Å²) in [5, 5.41) is 2.95. The molecule has 2 aliphatic rings. The van der Waals surface area contributed by atoms with Gasteiger partial charge in [0, 0.05) is 25.9 Å². The maximum atomic E-state index is 12.9.